The summed E-state index contributed by atoms with van der Waals surface area (Å²) in [4.78, 5) is 12.9. The summed E-state index contributed by atoms with van der Waals surface area (Å²) >= 11 is 18.4. The van der Waals surface area contributed by atoms with Crippen LogP contribution in [0.4, 0.5) is 5.69 Å². The lowest BCUT2D eigenvalue weighted by molar-refractivity contribution is 0.102. The van der Waals surface area contributed by atoms with E-state index in [2.05, 4.69) is 15.5 Å². The van der Waals surface area contributed by atoms with E-state index >= 15 is 0 Å². The molecule has 0 aliphatic carbocycles. The van der Waals surface area contributed by atoms with Gasteiger partial charge >= 0.3 is 0 Å². The first kappa shape index (κ1) is 25.1. The van der Waals surface area contributed by atoms with Crippen LogP contribution in [-0.4, -0.2) is 25.5 Å². The molecule has 0 saturated carbocycles. The number of carbonyl (C=O) groups excluding carboxylic acids is 1. The van der Waals surface area contributed by atoms with Crippen LogP contribution in [0.25, 0.3) is 0 Å². The highest BCUT2D eigenvalue weighted by Crippen LogP contribution is 2.27. The van der Waals surface area contributed by atoms with Crippen molar-refractivity contribution in [2.24, 2.45) is 0 Å². The zero-order valence-electron chi connectivity index (χ0n) is 19.7. The van der Waals surface area contributed by atoms with Crippen LogP contribution in [0.2, 0.25) is 15.1 Å². The number of hydrogen-bond donors (Lipinski definition) is 1. The van der Waals surface area contributed by atoms with E-state index in [0.29, 0.717) is 33.7 Å². The maximum Gasteiger partial charge on any atom is 0.276 e. The van der Waals surface area contributed by atoms with Crippen molar-refractivity contribution in [2.45, 2.75) is 41.0 Å². The van der Waals surface area contributed by atoms with E-state index in [0.717, 1.165) is 27.4 Å². The minimum absolute atomic E-state index is 0.160. The maximum absolute atomic E-state index is 12.9. The van der Waals surface area contributed by atoms with E-state index in [1.54, 1.807) is 29.1 Å². The Hall–Kier alpha value is -3.00. The number of ether oxygens (including phenoxy) is 1. The molecule has 4 rings (SSSR count). The molecule has 4 aromatic rings. The molecule has 182 valence electrons. The molecule has 0 spiro atoms. The largest absolute Gasteiger partial charge is 0.471 e. The summed E-state index contributed by atoms with van der Waals surface area (Å²) in [7, 11) is 0. The third kappa shape index (κ3) is 5.64. The Balaban J connectivity index is 1.42. The topological polar surface area (TPSA) is 74.0 Å². The quantitative estimate of drug-likeness (QED) is 0.291. The number of amides is 1. The van der Waals surface area contributed by atoms with E-state index in [4.69, 9.17) is 39.5 Å². The Morgan fingerprint density at radius 3 is 2.37 bits per heavy atom. The molecule has 0 aliphatic heterocycles. The molecule has 2 aromatic carbocycles. The smallest absolute Gasteiger partial charge is 0.276 e. The maximum atomic E-state index is 12.9. The second-order valence-electron chi connectivity index (χ2n) is 8.29. The van der Waals surface area contributed by atoms with Gasteiger partial charge in [0.05, 0.1) is 33.7 Å². The summed E-state index contributed by atoms with van der Waals surface area (Å²) in [6, 6.07) is 10.8. The van der Waals surface area contributed by atoms with Crippen molar-refractivity contribution < 1.29 is 9.53 Å². The predicted molar refractivity (Wildman–Crippen MR) is 139 cm³/mol. The molecule has 0 fully saturated rings. The summed E-state index contributed by atoms with van der Waals surface area (Å²) in [6.07, 6.45) is 1.69. The van der Waals surface area contributed by atoms with Crippen molar-refractivity contribution in [1.82, 2.24) is 19.6 Å². The van der Waals surface area contributed by atoms with Gasteiger partial charge in [-0.05, 0) is 74.7 Å². The standard InChI is InChI=1S/C25H24Cl3N5O2/c1-14-9-19(10-15(2)23(14)28)35-13-32-8-7-22(31-32)25(34)29-24-16(3)30-33(17(24)4)12-18-5-6-20(26)21(27)11-18/h5-11H,12-13H2,1-4H3,(H,29,34). The lowest BCUT2D eigenvalue weighted by Crippen LogP contribution is -2.15. The average molecular weight is 533 g/mol. The zero-order chi connectivity index (χ0) is 25.3. The summed E-state index contributed by atoms with van der Waals surface area (Å²) in [6.45, 7) is 8.25. The van der Waals surface area contributed by atoms with Crippen molar-refractivity contribution in [3.8, 4) is 5.75 Å². The third-order valence-electron chi connectivity index (χ3n) is 5.58. The molecule has 0 atom stereocenters. The molecular weight excluding hydrogens is 509 g/mol. The molecule has 2 heterocycles. The minimum Gasteiger partial charge on any atom is -0.471 e. The number of carbonyl (C=O) groups is 1. The van der Waals surface area contributed by atoms with Crippen molar-refractivity contribution in [3.63, 3.8) is 0 Å². The Labute approximate surface area is 218 Å². The van der Waals surface area contributed by atoms with Gasteiger partial charge in [-0.1, -0.05) is 40.9 Å². The van der Waals surface area contributed by atoms with Crippen molar-refractivity contribution in [1.29, 1.82) is 0 Å². The summed E-state index contributed by atoms with van der Waals surface area (Å²) < 4.78 is 9.18. The lowest BCUT2D eigenvalue weighted by atomic mass is 10.1. The summed E-state index contributed by atoms with van der Waals surface area (Å²) in [5.74, 6) is 0.355. The fourth-order valence-corrected chi connectivity index (χ4v) is 4.13. The summed E-state index contributed by atoms with van der Waals surface area (Å²) in [5.41, 5.74) is 5.26. The predicted octanol–water partition coefficient (Wildman–Crippen LogP) is 6.61. The van der Waals surface area contributed by atoms with Gasteiger partial charge in [-0.2, -0.15) is 10.2 Å². The van der Waals surface area contributed by atoms with Gasteiger partial charge in [0.2, 0.25) is 0 Å². The van der Waals surface area contributed by atoms with E-state index in [1.165, 1.54) is 0 Å². The van der Waals surface area contributed by atoms with Gasteiger partial charge in [0.1, 0.15) is 5.75 Å². The van der Waals surface area contributed by atoms with Crippen molar-refractivity contribution >= 4 is 46.4 Å². The van der Waals surface area contributed by atoms with Gasteiger partial charge in [0.15, 0.2) is 12.4 Å². The van der Waals surface area contributed by atoms with Gasteiger partial charge in [-0.25, -0.2) is 4.68 Å². The number of aromatic nitrogens is 4. The van der Waals surface area contributed by atoms with Crippen LogP contribution in [-0.2, 0) is 13.3 Å². The van der Waals surface area contributed by atoms with Gasteiger partial charge in [0.25, 0.3) is 5.91 Å². The van der Waals surface area contributed by atoms with Crippen molar-refractivity contribution in [3.05, 3.63) is 91.4 Å². The van der Waals surface area contributed by atoms with Crippen LogP contribution in [0.15, 0.2) is 42.6 Å². The molecule has 0 aliphatic rings. The molecule has 0 unspecified atom stereocenters. The number of benzene rings is 2. The number of rotatable bonds is 7. The normalized spacial score (nSPS) is 11.1. The number of anilines is 1. The number of aryl methyl sites for hydroxylation is 3. The molecule has 35 heavy (non-hydrogen) atoms. The molecule has 1 amide bonds. The Bertz CT molecular complexity index is 1390. The third-order valence-corrected chi connectivity index (χ3v) is 6.92. The van der Waals surface area contributed by atoms with E-state index < -0.39 is 0 Å². The highest BCUT2D eigenvalue weighted by atomic mass is 35.5. The van der Waals surface area contributed by atoms with Gasteiger partial charge in [-0.15, -0.1) is 0 Å². The van der Waals surface area contributed by atoms with Crippen LogP contribution in [0, 0.1) is 27.7 Å². The lowest BCUT2D eigenvalue weighted by Gasteiger charge is -2.10. The van der Waals surface area contributed by atoms with Crippen molar-refractivity contribution in [2.75, 3.05) is 5.32 Å². The Kier molecular flexibility index (Phi) is 7.40. The van der Waals surface area contributed by atoms with Crippen LogP contribution >= 0.6 is 34.8 Å². The SMILES string of the molecule is Cc1cc(OCn2ccc(C(=O)Nc3c(C)nn(Cc4ccc(Cl)c(Cl)c4)c3C)n2)cc(C)c1Cl. The van der Waals surface area contributed by atoms with Gasteiger partial charge in [0, 0.05) is 11.2 Å². The number of nitrogens with one attached hydrogen (secondary N) is 1. The van der Waals surface area contributed by atoms with Crippen LogP contribution in [0.3, 0.4) is 0 Å². The molecule has 0 saturated heterocycles. The average Bonchev–Trinajstić information content (AvgIpc) is 3.39. The Morgan fingerprint density at radius 1 is 0.971 bits per heavy atom. The minimum atomic E-state index is -0.331. The fourth-order valence-electron chi connectivity index (χ4n) is 3.71. The molecule has 10 heteroatoms. The molecule has 0 bridgehead atoms. The van der Waals surface area contributed by atoms with Crippen LogP contribution in [0.1, 0.15) is 38.6 Å². The summed E-state index contributed by atoms with van der Waals surface area (Å²) in [5, 5.41) is 13.5. The van der Waals surface area contributed by atoms with E-state index in [9.17, 15) is 4.79 Å². The molecule has 1 N–H and O–H groups in total. The van der Waals surface area contributed by atoms with Crippen LogP contribution in [0.5, 0.6) is 5.75 Å². The molecule has 2 aromatic heterocycles. The van der Waals surface area contributed by atoms with Gasteiger partial charge < -0.3 is 10.1 Å². The first-order valence-electron chi connectivity index (χ1n) is 10.8. The first-order chi connectivity index (χ1) is 16.6. The monoisotopic (exact) mass is 531 g/mol. The highest BCUT2D eigenvalue weighted by molar-refractivity contribution is 6.42. The molecule has 0 radical (unpaired) electrons. The van der Waals surface area contributed by atoms with E-state index in [1.807, 2.05) is 50.6 Å². The number of halogens is 3. The second kappa shape index (κ2) is 10.3. The number of nitrogens with zero attached hydrogens (tertiary/aromatic N) is 4. The highest BCUT2D eigenvalue weighted by Gasteiger charge is 2.17. The first-order valence-corrected chi connectivity index (χ1v) is 12.0. The fraction of sp³-hybridized carbons (Fsp3) is 0.240. The number of hydrogen-bond acceptors (Lipinski definition) is 4. The van der Waals surface area contributed by atoms with Crippen LogP contribution < -0.4 is 10.1 Å². The second-order valence-corrected chi connectivity index (χ2v) is 9.48. The Morgan fingerprint density at radius 2 is 1.69 bits per heavy atom. The zero-order valence-corrected chi connectivity index (χ0v) is 22.0. The van der Waals surface area contributed by atoms with Gasteiger partial charge in [-0.3, -0.25) is 9.48 Å². The molecule has 7 nitrogen and oxygen atoms in total. The molecular formula is C25H24Cl3N5O2. The van der Waals surface area contributed by atoms with E-state index in [-0.39, 0.29) is 18.3 Å².